The van der Waals surface area contributed by atoms with E-state index in [4.69, 9.17) is 9.26 Å². The maximum absolute atomic E-state index is 9.24. The number of anilines is 1. The Morgan fingerprint density at radius 2 is 2.10 bits per heavy atom. The third-order valence-corrected chi connectivity index (χ3v) is 3.72. The van der Waals surface area contributed by atoms with Gasteiger partial charge < -0.3 is 19.7 Å². The standard InChI is InChI=1S/C15H19N3O3/c1-15(8-2-3-9-20-15)14-17-13(21-18-14)10-16-11-4-6-12(19)7-5-11/h4-7,16,19H,2-3,8-10H2,1H3. The van der Waals surface area contributed by atoms with Gasteiger partial charge in [0.15, 0.2) is 0 Å². The summed E-state index contributed by atoms with van der Waals surface area (Å²) in [6.07, 6.45) is 3.12. The van der Waals surface area contributed by atoms with Crippen LogP contribution in [-0.4, -0.2) is 21.9 Å². The number of hydrogen-bond acceptors (Lipinski definition) is 6. The number of nitrogens with one attached hydrogen (secondary N) is 1. The van der Waals surface area contributed by atoms with Gasteiger partial charge in [-0.05, 0) is 50.5 Å². The van der Waals surface area contributed by atoms with Gasteiger partial charge in [-0.1, -0.05) is 5.16 Å². The van der Waals surface area contributed by atoms with Crippen molar-refractivity contribution in [3.63, 3.8) is 0 Å². The van der Waals surface area contributed by atoms with Crippen LogP contribution in [0.5, 0.6) is 5.75 Å². The van der Waals surface area contributed by atoms with Crippen LogP contribution in [0.15, 0.2) is 28.8 Å². The second kappa shape index (κ2) is 5.73. The Morgan fingerprint density at radius 1 is 1.29 bits per heavy atom. The third kappa shape index (κ3) is 3.16. The molecule has 1 atom stereocenters. The minimum atomic E-state index is -0.432. The molecule has 0 radical (unpaired) electrons. The van der Waals surface area contributed by atoms with Crippen molar-refractivity contribution < 1.29 is 14.4 Å². The molecule has 0 amide bonds. The van der Waals surface area contributed by atoms with E-state index in [9.17, 15) is 5.11 Å². The summed E-state index contributed by atoms with van der Waals surface area (Å²) < 4.78 is 11.1. The van der Waals surface area contributed by atoms with Crippen LogP contribution < -0.4 is 5.32 Å². The Hall–Kier alpha value is -2.08. The zero-order valence-electron chi connectivity index (χ0n) is 12.0. The molecule has 3 rings (SSSR count). The van der Waals surface area contributed by atoms with Crippen molar-refractivity contribution in [1.29, 1.82) is 0 Å². The lowest BCUT2D eigenvalue weighted by molar-refractivity contribution is -0.0770. The molecule has 2 heterocycles. The van der Waals surface area contributed by atoms with Crippen LogP contribution in [0.4, 0.5) is 5.69 Å². The number of benzene rings is 1. The van der Waals surface area contributed by atoms with Crippen LogP contribution in [0.1, 0.15) is 37.9 Å². The molecule has 2 N–H and O–H groups in total. The van der Waals surface area contributed by atoms with Crippen LogP contribution in [0, 0.1) is 0 Å². The van der Waals surface area contributed by atoms with Crippen LogP contribution in [-0.2, 0) is 16.9 Å². The molecule has 1 unspecified atom stereocenters. The fourth-order valence-electron chi connectivity index (χ4n) is 2.41. The summed E-state index contributed by atoms with van der Waals surface area (Å²) in [5.41, 5.74) is 0.450. The number of hydrogen-bond donors (Lipinski definition) is 2. The summed E-state index contributed by atoms with van der Waals surface area (Å²) in [6.45, 7) is 3.19. The summed E-state index contributed by atoms with van der Waals surface area (Å²) in [5.74, 6) is 1.38. The summed E-state index contributed by atoms with van der Waals surface area (Å²) in [7, 11) is 0. The Morgan fingerprint density at radius 3 is 2.81 bits per heavy atom. The minimum absolute atomic E-state index is 0.239. The predicted octanol–water partition coefficient (Wildman–Crippen LogP) is 2.80. The molecule has 1 aliphatic rings. The van der Waals surface area contributed by atoms with Crippen molar-refractivity contribution in [2.45, 2.75) is 38.3 Å². The number of aromatic hydroxyl groups is 1. The van der Waals surface area contributed by atoms with Gasteiger partial charge in [-0.3, -0.25) is 0 Å². The van der Waals surface area contributed by atoms with E-state index in [1.807, 2.05) is 6.92 Å². The zero-order valence-corrected chi connectivity index (χ0v) is 12.0. The van der Waals surface area contributed by atoms with Crippen LogP contribution in [0.2, 0.25) is 0 Å². The van der Waals surface area contributed by atoms with Gasteiger partial charge in [0.25, 0.3) is 0 Å². The van der Waals surface area contributed by atoms with Crippen molar-refractivity contribution >= 4 is 5.69 Å². The van der Waals surface area contributed by atoms with Crippen molar-refractivity contribution in [2.75, 3.05) is 11.9 Å². The molecular weight excluding hydrogens is 270 g/mol. The first-order chi connectivity index (χ1) is 10.2. The van der Waals surface area contributed by atoms with Crippen molar-refractivity contribution in [1.82, 2.24) is 10.1 Å². The highest BCUT2D eigenvalue weighted by Crippen LogP contribution is 2.32. The first-order valence-corrected chi connectivity index (χ1v) is 7.16. The van der Waals surface area contributed by atoms with Crippen LogP contribution >= 0.6 is 0 Å². The molecule has 6 nitrogen and oxygen atoms in total. The molecular formula is C15H19N3O3. The average molecular weight is 289 g/mol. The number of phenols is 1. The van der Waals surface area contributed by atoms with Gasteiger partial charge in [0.05, 0.1) is 6.54 Å². The Kier molecular flexibility index (Phi) is 3.79. The van der Waals surface area contributed by atoms with Gasteiger partial charge in [0, 0.05) is 12.3 Å². The topological polar surface area (TPSA) is 80.4 Å². The number of phenolic OH excluding ortho intramolecular Hbond substituents is 1. The molecule has 1 aliphatic heterocycles. The van der Waals surface area contributed by atoms with E-state index in [1.54, 1.807) is 24.3 Å². The minimum Gasteiger partial charge on any atom is -0.508 e. The van der Waals surface area contributed by atoms with Gasteiger partial charge in [-0.25, -0.2) is 0 Å². The third-order valence-electron chi connectivity index (χ3n) is 3.72. The maximum Gasteiger partial charge on any atom is 0.246 e. The van der Waals surface area contributed by atoms with Gasteiger partial charge in [0.1, 0.15) is 11.4 Å². The van der Waals surface area contributed by atoms with Gasteiger partial charge in [-0.15, -0.1) is 0 Å². The Bertz CT molecular complexity index is 588. The largest absolute Gasteiger partial charge is 0.508 e. The highest BCUT2D eigenvalue weighted by Gasteiger charge is 2.34. The van der Waals surface area contributed by atoms with Crippen molar-refractivity contribution in [2.24, 2.45) is 0 Å². The van der Waals surface area contributed by atoms with Gasteiger partial charge >= 0.3 is 0 Å². The lowest BCUT2D eigenvalue weighted by Crippen LogP contribution is -2.31. The summed E-state index contributed by atoms with van der Waals surface area (Å²) in [5, 5.41) is 16.5. The van der Waals surface area contributed by atoms with Crippen molar-refractivity contribution in [3.8, 4) is 5.75 Å². The number of rotatable bonds is 4. The molecule has 112 valence electrons. The molecule has 0 spiro atoms. The van der Waals surface area contributed by atoms with Crippen LogP contribution in [0.25, 0.3) is 0 Å². The van der Waals surface area contributed by atoms with E-state index in [1.165, 1.54) is 0 Å². The van der Waals surface area contributed by atoms with E-state index < -0.39 is 5.60 Å². The van der Waals surface area contributed by atoms with Gasteiger partial charge in [-0.2, -0.15) is 4.98 Å². The first-order valence-electron chi connectivity index (χ1n) is 7.16. The quantitative estimate of drug-likeness (QED) is 0.842. The summed E-state index contributed by atoms with van der Waals surface area (Å²) >= 11 is 0. The molecule has 2 aromatic rings. The van der Waals surface area contributed by atoms with Crippen molar-refractivity contribution in [3.05, 3.63) is 36.0 Å². The normalized spacial score (nSPS) is 22.1. The molecule has 0 bridgehead atoms. The molecule has 0 aliphatic carbocycles. The number of aromatic nitrogens is 2. The second-order valence-electron chi connectivity index (χ2n) is 5.45. The van der Waals surface area contributed by atoms with E-state index in [0.717, 1.165) is 31.6 Å². The fourth-order valence-corrected chi connectivity index (χ4v) is 2.41. The number of nitrogens with zero attached hydrogens (tertiary/aromatic N) is 2. The highest BCUT2D eigenvalue weighted by molar-refractivity contribution is 5.45. The molecule has 1 saturated heterocycles. The highest BCUT2D eigenvalue weighted by atomic mass is 16.5. The summed E-state index contributed by atoms with van der Waals surface area (Å²) in [4.78, 5) is 4.42. The zero-order chi connectivity index (χ0) is 14.7. The van der Waals surface area contributed by atoms with Crippen LogP contribution in [0.3, 0.4) is 0 Å². The molecule has 21 heavy (non-hydrogen) atoms. The second-order valence-corrected chi connectivity index (χ2v) is 5.45. The Balaban J connectivity index is 1.63. The first kappa shape index (κ1) is 13.9. The van der Waals surface area contributed by atoms with E-state index >= 15 is 0 Å². The maximum atomic E-state index is 9.24. The smallest absolute Gasteiger partial charge is 0.246 e. The lowest BCUT2D eigenvalue weighted by Gasteiger charge is -2.30. The molecule has 1 aromatic carbocycles. The molecule has 1 fully saturated rings. The van der Waals surface area contributed by atoms with E-state index in [-0.39, 0.29) is 5.75 Å². The molecule has 6 heteroatoms. The predicted molar refractivity (Wildman–Crippen MR) is 76.9 cm³/mol. The SMILES string of the molecule is CC1(c2noc(CNc3ccc(O)cc3)n2)CCCCO1. The lowest BCUT2D eigenvalue weighted by atomic mass is 9.95. The monoisotopic (exact) mass is 289 g/mol. The molecule has 1 aromatic heterocycles. The number of ether oxygens (including phenoxy) is 1. The Labute approximate surface area is 123 Å². The molecule has 0 saturated carbocycles. The average Bonchev–Trinajstić information content (AvgIpc) is 2.97. The fraction of sp³-hybridized carbons (Fsp3) is 0.467. The summed E-state index contributed by atoms with van der Waals surface area (Å²) in [6, 6.07) is 6.83. The van der Waals surface area contributed by atoms with E-state index in [2.05, 4.69) is 15.5 Å². The van der Waals surface area contributed by atoms with Gasteiger partial charge in [0.2, 0.25) is 11.7 Å². The van der Waals surface area contributed by atoms with E-state index in [0.29, 0.717) is 18.3 Å².